The van der Waals surface area contributed by atoms with E-state index in [1.54, 1.807) is 7.11 Å². The fourth-order valence-electron chi connectivity index (χ4n) is 1.52. The maximum atomic E-state index is 5.13. The topological polar surface area (TPSA) is 24.5 Å². The highest BCUT2D eigenvalue weighted by atomic mass is 16.7. The van der Waals surface area contributed by atoms with Crippen molar-refractivity contribution in [2.75, 3.05) is 27.7 Å². The Morgan fingerprint density at radius 3 is 2.53 bits per heavy atom. The first-order valence-electron chi connectivity index (χ1n) is 5.24. The van der Waals surface area contributed by atoms with E-state index in [-0.39, 0.29) is 0 Å². The summed E-state index contributed by atoms with van der Waals surface area (Å²) >= 11 is 0. The largest absolute Gasteiger partial charge is 0.319 e. The summed E-state index contributed by atoms with van der Waals surface area (Å²) < 4.78 is 0. The maximum absolute atomic E-state index is 5.13. The van der Waals surface area contributed by atoms with Gasteiger partial charge in [-0.05, 0) is 31.1 Å². The summed E-state index contributed by atoms with van der Waals surface area (Å²) in [5.41, 5.74) is 2.72. The number of likely N-dealkylation sites (N-methyl/N-ethyl adjacent to an activating group) is 1. The molecule has 3 heteroatoms. The zero-order valence-corrected chi connectivity index (χ0v) is 9.79. The average Bonchev–Trinajstić information content (AvgIpc) is 2.28. The number of hydroxylamine groups is 2. The molecule has 0 saturated carbocycles. The fraction of sp³-hybridized carbons (Fsp3) is 0.500. The van der Waals surface area contributed by atoms with Crippen LogP contribution in [0.3, 0.4) is 0 Å². The van der Waals surface area contributed by atoms with Crippen molar-refractivity contribution >= 4 is 0 Å². The van der Waals surface area contributed by atoms with Crippen molar-refractivity contribution in [2.45, 2.75) is 13.0 Å². The third-order valence-corrected chi connectivity index (χ3v) is 2.47. The van der Waals surface area contributed by atoms with Crippen LogP contribution in [0.25, 0.3) is 0 Å². The average molecular weight is 208 g/mol. The molecule has 0 aromatic heterocycles. The van der Waals surface area contributed by atoms with Crippen LogP contribution in [0.15, 0.2) is 24.3 Å². The van der Waals surface area contributed by atoms with Gasteiger partial charge in [0, 0.05) is 13.6 Å². The van der Waals surface area contributed by atoms with Gasteiger partial charge in [-0.1, -0.05) is 24.3 Å². The lowest BCUT2D eigenvalue weighted by Gasteiger charge is -2.16. The number of nitrogens with one attached hydrogen (secondary N) is 1. The Morgan fingerprint density at radius 1 is 1.27 bits per heavy atom. The van der Waals surface area contributed by atoms with Crippen molar-refractivity contribution in [2.24, 2.45) is 0 Å². The summed E-state index contributed by atoms with van der Waals surface area (Å²) in [4.78, 5) is 5.13. The van der Waals surface area contributed by atoms with Crippen molar-refractivity contribution in [1.82, 2.24) is 10.4 Å². The number of benzene rings is 1. The number of hydrogen-bond donors (Lipinski definition) is 1. The van der Waals surface area contributed by atoms with E-state index in [0.29, 0.717) is 0 Å². The van der Waals surface area contributed by atoms with E-state index in [1.165, 1.54) is 11.1 Å². The molecule has 1 aromatic rings. The zero-order chi connectivity index (χ0) is 11.1. The van der Waals surface area contributed by atoms with E-state index in [9.17, 15) is 0 Å². The standard InChI is InChI=1S/C12H20N2O/c1-13-9-8-11-6-4-5-7-12(11)10-14(2)15-3/h4-7,13H,8-10H2,1-3H3. The lowest BCUT2D eigenvalue weighted by molar-refractivity contribution is -0.116. The molecule has 3 nitrogen and oxygen atoms in total. The summed E-state index contributed by atoms with van der Waals surface area (Å²) in [7, 11) is 5.61. The predicted molar refractivity (Wildman–Crippen MR) is 62.5 cm³/mol. The van der Waals surface area contributed by atoms with Gasteiger partial charge in [-0.25, -0.2) is 0 Å². The van der Waals surface area contributed by atoms with Crippen LogP contribution in [0.4, 0.5) is 0 Å². The molecule has 1 N–H and O–H groups in total. The van der Waals surface area contributed by atoms with E-state index >= 15 is 0 Å². The van der Waals surface area contributed by atoms with Crippen LogP contribution >= 0.6 is 0 Å². The van der Waals surface area contributed by atoms with Crippen LogP contribution in [0, 0.1) is 0 Å². The Labute approximate surface area is 92.0 Å². The van der Waals surface area contributed by atoms with Gasteiger partial charge >= 0.3 is 0 Å². The number of hydrogen-bond acceptors (Lipinski definition) is 3. The highest BCUT2D eigenvalue weighted by Gasteiger charge is 2.03. The van der Waals surface area contributed by atoms with Gasteiger partial charge < -0.3 is 10.2 Å². The third-order valence-electron chi connectivity index (χ3n) is 2.47. The van der Waals surface area contributed by atoms with Crippen LogP contribution in [-0.2, 0) is 17.8 Å². The molecule has 15 heavy (non-hydrogen) atoms. The van der Waals surface area contributed by atoms with Gasteiger partial charge in [0.2, 0.25) is 0 Å². The normalized spacial score (nSPS) is 10.9. The SMILES string of the molecule is CNCCc1ccccc1CN(C)OC. The van der Waals surface area contributed by atoms with Crippen LogP contribution < -0.4 is 5.32 Å². The first-order valence-corrected chi connectivity index (χ1v) is 5.24. The summed E-state index contributed by atoms with van der Waals surface area (Å²) in [6.07, 6.45) is 1.06. The Bertz CT molecular complexity index is 289. The summed E-state index contributed by atoms with van der Waals surface area (Å²) in [6.45, 7) is 1.84. The van der Waals surface area contributed by atoms with Crippen molar-refractivity contribution in [3.63, 3.8) is 0 Å². The number of nitrogens with zero attached hydrogens (tertiary/aromatic N) is 1. The molecule has 0 aliphatic heterocycles. The third kappa shape index (κ3) is 4.00. The van der Waals surface area contributed by atoms with Crippen molar-refractivity contribution in [1.29, 1.82) is 0 Å². The Hall–Kier alpha value is -0.900. The highest BCUT2D eigenvalue weighted by molar-refractivity contribution is 5.27. The molecular formula is C12H20N2O. The second kappa shape index (κ2) is 6.56. The quantitative estimate of drug-likeness (QED) is 0.716. The first kappa shape index (κ1) is 12.2. The maximum Gasteiger partial charge on any atom is 0.0575 e. The molecule has 0 unspecified atom stereocenters. The van der Waals surface area contributed by atoms with Crippen LogP contribution in [0.5, 0.6) is 0 Å². The molecule has 84 valence electrons. The molecule has 0 heterocycles. The Morgan fingerprint density at radius 2 is 1.93 bits per heavy atom. The van der Waals surface area contributed by atoms with Gasteiger partial charge in [-0.15, -0.1) is 0 Å². The summed E-state index contributed by atoms with van der Waals surface area (Å²) in [6, 6.07) is 8.49. The van der Waals surface area contributed by atoms with E-state index in [2.05, 4.69) is 29.6 Å². The molecule has 0 atom stereocenters. The Balaban J connectivity index is 2.67. The molecule has 0 bridgehead atoms. The van der Waals surface area contributed by atoms with E-state index in [4.69, 9.17) is 4.84 Å². The first-order chi connectivity index (χ1) is 7.27. The molecular weight excluding hydrogens is 188 g/mol. The molecule has 0 aliphatic carbocycles. The molecule has 0 radical (unpaired) electrons. The molecule has 1 aromatic carbocycles. The smallest absolute Gasteiger partial charge is 0.0575 e. The fourth-order valence-corrected chi connectivity index (χ4v) is 1.52. The minimum atomic E-state index is 0.830. The van der Waals surface area contributed by atoms with Gasteiger partial charge in [-0.3, -0.25) is 0 Å². The monoisotopic (exact) mass is 208 g/mol. The van der Waals surface area contributed by atoms with Gasteiger partial charge in [0.15, 0.2) is 0 Å². The zero-order valence-electron chi connectivity index (χ0n) is 9.79. The predicted octanol–water partition coefficient (Wildman–Crippen LogP) is 1.44. The Kier molecular flexibility index (Phi) is 5.32. The van der Waals surface area contributed by atoms with E-state index in [1.807, 2.05) is 19.2 Å². The van der Waals surface area contributed by atoms with Gasteiger partial charge in [0.05, 0.1) is 7.11 Å². The molecule has 0 aliphatic rings. The van der Waals surface area contributed by atoms with E-state index < -0.39 is 0 Å². The summed E-state index contributed by atoms with van der Waals surface area (Å²) in [5, 5.41) is 5.00. The highest BCUT2D eigenvalue weighted by Crippen LogP contribution is 2.11. The van der Waals surface area contributed by atoms with Crippen molar-refractivity contribution < 1.29 is 4.84 Å². The molecule has 0 spiro atoms. The van der Waals surface area contributed by atoms with E-state index in [0.717, 1.165) is 19.5 Å². The molecule has 0 fully saturated rings. The van der Waals surface area contributed by atoms with Crippen LogP contribution in [0.1, 0.15) is 11.1 Å². The van der Waals surface area contributed by atoms with Crippen LogP contribution in [0.2, 0.25) is 0 Å². The lowest BCUT2D eigenvalue weighted by Crippen LogP contribution is -2.18. The summed E-state index contributed by atoms with van der Waals surface area (Å²) in [5.74, 6) is 0. The van der Waals surface area contributed by atoms with Crippen molar-refractivity contribution in [3.8, 4) is 0 Å². The lowest BCUT2D eigenvalue weighted by atomic mass is 10.0. The minimum absolute atomic E-state index is 0.830. The second-order valence-electron chi connectivity index (χ2n) is 3.59. The second-order valence-corrected chi connectivity index (χ2v) is 3.59. The molecule has 1 rings (SSSR count). The van der Waals surface area contributed by atoms with Crippen LogP contribution in [-0.4, -0.2) is 32.8 Å². The van der Waals surface area contributed by atoms with Crippen molar-refractivity contribution in [3.05, 3.63) is 35.4 Å². The van der Waals surface area contributed by atoms with Gasteiger partial charge in [0.25, 0.3) is 0 Å². The van der Waals surface area contributed by atoms with Gasteiger partial charge in [-0.2, -0.15) is 5.06 Å². The molecule has 0 amide bonds. The number of rotatable bonds is 6. The van der Waals surface area contributed by atoms with Gasteiger partial charge in [0.1, 0.15) is 0 Å². The minimum Gasteiger partial charge on any atom is -0.319 e. The molecule has 0 saturated heterocycles.